The van der Waals surface area contributed by atoms with Crippen molar-refractivity contribution in [1.29, 1.82) is 0 Å². The number of aliphatic carboxylic acids is 1. The van der Waals surface area contributed by atoms with E-state index in [1.54, 1.807) is 0 Å². The summed E-state index contributed by atoms with van der Waals surface area (Å²) in [4.78, 5) is 16.5. The van der Waals surface area contributed by atoms with Gasteiger partial charge in [0.25, 0.3) is 0 Å². The van der Waals surface area contributed by atoms with Crippen molar-refractivity contribution in [2.45, 2.75) is 37.5 Å². The van der Waals surface area contributed by atoms with Crippen LogP contribution in [0, 0.1) is 0 Å². The van der Waals surface area contributed by atoms with Crippen molar-refractivity contribution in [3.05, 3.63) is 28.8 Å². The van der Waals surface area contributed by atoms with E-state index in [-0.39, 0.29) is 0 Å². The number of rotatable bonds is 3. The fourth-order valence-electron chi connectivity index (χ4n) is 3.89. The molecule has 23 heavy (non-hydrogen) atoms. The Bertz CT molecular complexity index is 576. The summed E-state index contributed by atoms with van der Waals surface area (Å²) in [6.07, 6.45) is 4.51. The van der Waals surface area contributed by atoms with E-state index >= 15 is 0 Å². The van der Waals surface area contributed by atoms with Gasteiger partial charge in [-0.1, -0.05) is 36.9 Å². The minimum Gasteiger partial charge on any atom is -0.481 e. The van der Waals surface area contributed by atoms with Crippen LogP contribution >= 0.6 is 11.6 Å². The van der Waals surface area contributed by atoms with Crippen molar-refractivity contribution in [3.63, 3.8) is 0 Å². The monoisotopic (exact) mass is 336 g/mol. The number of nitrogens with zero attached hydrogens (tertiary/aromatic N) is 2. The normalized spacial score (nSPS) is 22.1. The zero-order chi connectivity index (χ0) is 16.4. The molecule has 1 saturated carbocycles. The Hall–Kier alpha value is -1.26. The first-order chi connectivity index (χ1) is 11.0. The number of benzene rings is 1. The molecule has 2 fully saturated rings. The number of carboxylic acids is 1. The zero-order valence-corrected chi connectivity index (χ0v) is 14.5. The molecule has 1 N–H and O–H groups in total. The molecule has 126 valence electrons. The summed E-state index contributed by atoms with van der Waals surface area (Å²) in [6, 6.07) is 5.90. The van der Waals surface area contributed by atoms with Gasteiger partial charge in [-0.25, -0.2) is 0 Å². The maximum absolute atomic E-state index is 12.0. The number of likely N-dealkylation sites (N-methyl/N-ethyl adjacent to an activating group) is 1. The van der Waals surface area contributed by atoms with Crippen LogP contribution < -0.4 is 4.90 Å². The van der Waals surface area contributed by atoms with E-state index < -0.39 is 11.4 Å². The van der Waals surface area contributed by atoms with Crippen LogP contribution in [0.1, 0.15) is 37.7 Å². The molecular weight excluding hydrogens is 312 g/mol. The van der Waals surface area contributed by atoms with Crippen LogP contribution in [0.15, 0.2) is 18.2 Å². The molecule has 0 aromatic heterocycles. The van der Waals surface area contributed by atoms with E-state index in [1.165, 1.54) is 0 Å². The van der Waals surface area contributed by atoms with Gasteiger partial charge in [-0.15, -0.1) is 0 Å². The third kappa shape index (κ3) is 3.20. The molecule has 2 aliphatic rings. The Labute approximate surface area is 143 Å². The third-order valence-electron chi connectivity index (χ3n) is 5.46. The highest BCUT2D eigenvalue weighted by atomic mass is 35.5. The molecule has 0 atom stereocenters. The molecule has 0 spiro atoms. The average molecular weight is 337 g/mol. The number of piperazine rings is 1. The van der Waals surface area contributed by atoms with Crippen LogP contribution in [0.3, 0.4) is 0 Å². The van der Waals surface area contributed by atoms with Gasteiger partial charge in [-0.05, 0) is 37.6 Å². The van der Waals surface area contributed by atoms with Gasteiger partial charge in [-0.3, -0.25) is 4.79 Å². The van der Waals surface area contributed by atoms with Crippen molar-refractivity contribution in [2.24, 2.45) is 0 Å². The molecule has 0 radical (unpaired) electrons. The molecular formula is C18H25ClN2O2. The molecule has 0 bridgehead atoms. The zero-order valence-electron chi connectivity index (χ0n) is 13.7. The number of hydrogen-bond donors (Lipinski definition) is 1. The highest BCUT2D eigenvalue weighted by Gasteiger charge is 2.41. The second-order valence-corrected chi connectivity index (χ2v) is 7.31. The lowest BCUT2D eigenvalue weighted by Gasteiger charge is -2.36. The summed E-state index contributed by atoms with van der Waals surface area (Å²) in [5, 5.41) is 10.5. The SMILES string of the molecule is CN1CCN(c2ccc(C3(C(=O)O)CCCCC3)cc2Cl)CC1. The number of hydrogen-bond acceptors (Lipinski definition) is 3. The van der Waals surface area contributed by atoms with Crippen LogP contribution in [-0.2, 0) is 10.2 Å². The van der Waals surface area contributed by atoms with Gasteiger partial charge in [-0.2, -0.15) is 0 Å². The second-order valence-electron chi connectivity index (χ2n) is 6.90. The molecule has 1 saturated heterocycles. The number of anilines is 1. The van der Waals surface area contributed by atoms with E-state index in [1.807, 2.05) is 18.2 Å². The Kier molecular flexibility index (Phi) is 4.83. The Morgan fingerprint density at radius 3 is 2.35 bits per heavy atom. The highest BCUT2D eigenvalue weighted by Crippen LogP contribution is 2.42. The average Bonchev–Trinajstić information content (AvgIpc) is 2.56. The van der Waals surface area contributed by atoms with E-state index in [0.29, 0.717) is 17.9 Å². The maximum Gasteiger partial charge on any atom is 0.314 e. The summed E-state index contributed by atoms with van der Waals surface area (Å²) in [6.45, 7) is 3.97. The van der Waals surface area contributed by atoms with E-state index in [0.717, 1.165) is 56.7 Å². The molecule has 0 unspecified atom stereocenters. The standard InChI is InChI=1S/C18H25ClN2O2/c1-20-9-11-21(12-10-20)16-6-5-14(13-15(16)19)18(17(22)23)7-3-2-4-8-18/h5-6,13H,2-4,7-12H2,1H3,(H,22,23). The van der Waals surface area contributed by atoms with Crippen LogP contribution in [0.5, 0.6) is 0 Å². The lowest BCUT2D eigenvalue weighted by atomic mass is 9.69. The van der Waals surface area contributed by atoms with Crippen LogP contribution in [0.25, 0.3) is 0 Å². The van der Waals surface area contributed by atoms with Crippen molar-refractivity contribution >= 4 is 23.3 Å². The number of halogens is 1. The molecule has 1 aromatic carbocycles. The van der Waals surface area contributed by atoms with E-state index in [2.05, 4.69) is 16.8 Å². The Balaban J connectivity index is 1.87. The molecule has 5 heteroatoms. The summed E-state index contributed by atoms with van der Waals surface area (Å²) in [5.41, 5.74) is 1.15. The predicted molar refractivity (Wildman–Crippen MR) is 93.6 cm³/mol. The summed E-state index contributed by atoms with van der Waals surface area (Å²) >= 11 is 6.54. The molecule has 1 heterocycles. The lowest BCUT2D eigenvalue weighted by molar-refractivity contribution is -0.145. The van der Waals surface area contributed by atoms with Crippen molar-refractivity contribution < 1.29 is 9.90 Å². The van der Waals surface area contributed by atoms with Crippen LogP contribution in [0.2, 0.25) is 5.02 Å². The molecule has 1 aromatic rings. The largest absolute Gasteiger partial charge is 0.481 e. The van der Waals surface area contributed by atoms with Gasteiger partial charge >= 0.3 is 5.97 Å². The first-order valence-electron chi connectivity index (χ1n) is 8.50. The second kappa shape index (κ2) is 6.70. The maximum atomic E-state index is 12.0. The smallest absolute Gasteiger partial charge is 0.314 e. The van der Waals surface area contributed by atoms with Gasteiger partial charge in [0.05, 0.1) is 16.1 Å². The van der Waals surface area contributed by atoms with Gasteiger partial charge in [0.15, 0.2) is 0 Å². The van der Waals surface area contributed by atoms with Crippen molar-refractivity contribution in [2.75, 3.05) is 38.1 Å². The fourth-order valence-corrected chi connectivity index (χ4v) is 4.19. The third-order valence-corrected chi connectivity index (χ3v) is 5.76. The summed E-state index contributed by atoms with van der Waals surface area (Å²) in [5.74, 6) is -0.708. The van der Waals surface area contributed by atoms with E-state index in [4.69, 9.17) is 11.6 Å². The first-order valence-corrected chi connectivity index (χ1v) is 8.88. The Morgan fingerprint density at radius 1 is 1.13 bits per heavy atom. The van der Waals surface area contributed by atoms with Crippen LogP contribution in [0.4, 0.5) is 5.69 Å². The quantitative estimate of drug-likeness (QED) is 0.919. The lowest BCUT2D eigenvalue weighted by Crippen LogP contribution is -2.44. The van der Waals surface area contributed by atoms with Gasteiger partial charge in [0.1, 0.15) is 0 Å². The van der Waals surface area contributed by atoms with Crippen molar-refractivity contribution in [1.82, 2.24) is 4.90 Å². The van der Waals surface area contributed by atoms with Crippen molar-refractivity contribution in [3.8, 4) is 0 Å². The van der Waals surface area contributed by atoms with Gasteiger partial charge in [0.2, 0.25) is 0 Å². The molecule has 3 rings (SSSR count). The molecule has 4 nitrogen and oxygen atoms in total. The number of carboxylic acid groups (broad SMARTS) is 1. The Morgan fingerprint density at radius 2 is 1.78 bits per heavy atom. The van der Waals surface area contributed by atoms with E-state index in [9.17, 15) is 9.90 Å². The predicted octanol–water partition coefficient (Wildman–Crippen LogP) is 3.38. The first kappa shape index (κ1) is 16.6. The van der Waals surface area contributed by atoms with Gasteiger partial charge < -0.3 is 14.9 Å². The summed E-state index contributed by atoms with van der Waals surface area (Å²) in [7, 11) is 2.13. The summed E-state index contributed by atoms with van der Waals surface area (Å²) < 4.78 is 0. The molecule has 1 aliphatic carbocycles. The highest BCUT2D eigenvalue weighted by molar-refractivity contribution is 6.33. The fraction of sp³-hybridized carbons (Fsp3) is 0.611. The van der Waals surface area contributed by atoms with Gasteiger partial charge in [0, 0.05) is 26.2 Å². The molecule has 0 amide bonds. The minimum absolute atomic E-state index is 0.679. The number of carbonyl (C=O) groups is 1. The minimum atomic E-state index is -0.747. The van der Waals surface area contributed by atoms with Crippen LogP contribution in [-0.4, -0.2) is 49.2 Å². The molecule has 1 aliphatic heterocycles. The topological polar surface area (TPSA) is 43.8 Å².